The molecule has 1 aromatic rings. The molecule has 0 aromatic carbocycles. The summed E-state index contributed by atoms with van der Waals surface area (Å²) in [5.41, 5.74) is 0.761. The molecule has 1 aliphatic heterocycles. The Balaban J connectivity index is 0.00000144. The molecule has 0 radical (unpaired) electrons. The van der Waals surface area contributed by atoms with Crippen LogP contribution in [0.5, 0.6) is 5.75 Å². The predicted octanol–water partition coefficient (Wildman–Crippen LogP) is 1.54. The summed E-state index contributed by atoms with van der Waals surface area (Å²) in [6.45, 7) is 3.14. The largest absolute Gasteiger partial charge is 0.496 e. The fourth-order valence-electron chi connectivity index (χ4n) is 2.21. The first-order chi connectivity index (χ1) is 7.72. The number of aliphatic hydroxyl groups excluding tert-OH is 1. The first kappa shape index (κ1) is 14.2. The Hall–Kier alpha value is -0.840. The molecule has 0 spiro atoms. The molecule has 17 heavy (non-hydrogen) atoms. The van der Waals surface area contributed by atoms with Gasteiger partial charge in [-0.1, -0.05) is 6.92 Å². The van der Waals surface area contributed by atoms with E-state index in [1.165, 1.54) is 0 Å². The molecule has 1 saturated heterocycles. The lowest BCUT2D eigenvalue weighted by atomic mass is 9.99. The summed E-state index contributed by atoms with van der Waals surface area (Å²) in [7, 11) is 1.61. The monoisotopic (exact) mass is 258 g/mol. The third kappa shape index (κ3) is 3.09. The number of aliphatic hydroxyl groups is 1. The van der Waals surface area contributed by atoms with Crippen molar-refractivity contribution in [2.45, 2.75) is 25.5 Å². The van der Waals surface area contributed by atoms with Gasteiger partial charge < -0.3 is 15.2 Å². The van der Waals surface area contributed by atoms with E-state index in [9.17, 15) is 5.11 Å². The molecular formula is C12H19ClN2O2. The SMILES string of the molecule is COc1ccncc1C(O)[C@H]1C[C@H](C)CN1.Cl. The highest BCUT2D eigenvalue weighted by atomic mass is 35.5. The Morgan fingerprint density at radius 3 is 2.94 bits per heavy atom. The average Bonchev–Trinajstić information content (AvgIpc) is 2.75. The van der Waals surface area contributed by atoms with Gasteiger partial charge in [0.15, 0.2) is 0 Å². The maximum atomic E-state index is 10.3. The van der Waals surface area contributed by atoms with Crippen LogP contribution in [0.4, 0.5) is 0 Å². The minimum atomic E-state index is -0.548. The summed E-state index contributed by atoms with van der Waals surface area (Å²) in [6, 6.07) is 1.88. The highest BCUT2D eigenvalue weighted by molar-refractivity contribution is 5.85. The molecule has 1 aromatic heterocycles. The van der Waals surface area contributed by atoms with Gasteiger partial charge in [-0.05, 0) is 24.9 Å². The van der Waals surface area contributed by atoms with E-state index < -0.39 is 6.10 Å². The minimum Gasteiger partial charge on any atom is -0.496 e. The van der Waals surface area contributed by atoms with Gasteiger partial charge in [0.25, 0.3) is 0 Å². The zero-order valence-corrected chi connectivity index (χ0v) is 10.9. The number of methoxy groups -OCH3 is 1. The van der Waals surface area contributed by atoms with Crippen molar-refractivity contribution in [1.29, 1.82) is 0 Å². The van der Waals surface area contributed by atoms with Gasteiger partial charge >= 0.3 is 0 Å². The van der Waals surface area contributed by atoms with Crippen LogP contribution in [0.1, 0.15) is 25.0 Å². The second-order valence-corrected chi connectivity index (χ2v) is 4.42. The molecule has 0 amide bonds. The smallest absolute Gasteiger partial charge is 0.127 e. The molecule has 4 nitrogen and oxygen atoms in total. The molecule has 1 unspecified atom stereocenters. The Bertz CT molecular complexity index is 362. The van der Waals surface area contributed by atoms with Crippen LogP contribution < -0.4 is 10.1 Å². The summed E-state index contributed by atoms with van der Waals surface area (Å²) in [5, 5.41) is 13.6. The quantitative estimate of drug-likeness (QED) is 0.864. The highest BCUT2D eigenvalue weighted by Crippen LogP contribution is 2.30. The number of ether oxygens (including phenoxy) is 1. The lowest BCUT2D eigenvalue weighted by Crippen LogP contribution is -2.29. The van der Waals surface area contributed by atoms with Gasteiger partial charge in [-0.2, -0.15) is 0 Å². The van der Waals surface area contributed by atoms with E-state index in [0.29, 0.717) is 11.7 Å². The second-order valence-electron chi connectivity index (χ2n) is 4.42. The van der Waals surface area contributed by atoms with E-state index in [0.717, 1.165) is 18.5 Å². The van der Waals surface area contributed by atoms with Crippen molar-refractivity contribution in [3.05, 3.63) is 24.0 Å². The van der Waals surface area contributed by atoms with Crippen LogP contribution in [0.25, 0.3) is 0 Å². The molecule has 0 saturated carbocycles. The zero-order chi connectivity index (χ0) is 11.5. The van der Waals surface area contributed by atoms with E-state index >= 15 is 0 Å². The number of hydrogen-bond donors (Lipinski definition) is 2. The summed E-state index contributed by atoms with van der Waals surface area (Å²) >= 11 is 0. The van der Waals surface area contributed by atoms with E-state index in [4.69, 9.17) is 4.74 Å². The minimum absolute atomic E-state index is 0. The topological polar surface area (TPSA) is 54.4 Å². The fourth-order valence-corrected chi connectivity index (χ4v) is 2.21. The molecule has 0 aliphatic carbocycles. The molecule has 3 atom stereocenters. The van der Waals surface area contributed by atoms with Crippen molar-refractivity contribution in [3.63, 3.8) is 0 Å². The van der Waals surface area contributed by atoms with Crippen LogP contribution in [0.15, 0.2) is 18.5 Å². The number of pyridine rings is 1. The maximum Gasteiger partial charge on any atom is 0.127 e. The lowest BCUT2D eigenvalue weighted by Gasteiger charge is -2.20. The van der Waals surface area contributed by atoms with E-state index in [1.807, 2.05) is 0 Å². The van der Waals surface area contributed by atoms with Crippen LogP contribution in [0.3, 0.4) is 0 Å². The van der Waals surface area contributed by atoms with Gasteiger partial charge in [-0.3, -0.25) is 4.98 Å². The number of rotatable bonds is 3. The lowest BCUT2D eigenvalue weighted by molar-refractivity contribution is 0.132. The summed E-state index contributed by atoms with van der Waals surface area (Å²) in [4.78, 5) is 4.04. The molecular weight excluding hydrogens is 240 g/mol. The molecule has 1 fully saturated rings. The van der Waals surface area contributed by atoms with Gasteiger partial charge in [-0.25, -0.2) is 0 Å². The van der Waals surface area contributed by atoms with Crippen LogP contribution in [0.2, 0.25) is 0 Å². The molecule has 5 heteroatoms. The van der Waals surface area contributed by atoms with Crippen molar-refractivity contribution in [2.24, 2.45) is 5.92 Å². The average molecular weight is 259 g/mol. The number of hydrogen-bond acceptors (Lipinski definition) is 4. The summed E-state index contributed by atoms with van der Waals surface area (Å²) < 4.78 is 5.23. The number of aromatic nitrogens is 1. The van der Waals surface area contributed by atoms with Crippen LogP contribution in [0, 0.1) is 5.92 Å². The Morgan fingerprint density at radius 2 is 2.35 bits per heavy atom. The highest BCUT2D eigenvalue weighted by Gasteiger charge is 2.29. The standard InChI is InChI=1S/C12H18N2O2.ClH/c1-8-5-10(14-6-8)12(15)9-7-13-4-3-11(9)16-2;/h3-4,7-8,10,12,14-15H,5-6H2,1-2H3;1H/t8-,10+,12?;/m0./s1. The van der Waals surface area contributed by atoms with Gasteiger partial charge in [0, 0.05) is 24.0 Å². The van der Waals surface area contributed by atoms with E-state index in [2.05, 4.69) is 17.2 Å². The van der Waals surface area contributed by atoms with E-state index in [1.54, 1.807) is 25.6 Å². The molecule has 1 aliphatic rings. The van der Waals surface area contributed by atoms with Crippen molar-refractivity contribution in [1.82, 2.24) is 10.3 Å². The van der Waals surface area contributed by atoms with E-state index in [-0.39, 0.29) is 18.4 Å². The number of nitrogens with one attached hydrogen (secondary N) is 1. The second kappa shape index (κ2) is 6.19. The van der Waals surface area contributed by atoms with Crippen molar-refractivity contribution in [2.75, 3.05) is 13.7 Å². The van der Waals surface area contributed by atoms with Crippen molar-refractivity contribution in [3.8, 4) is 5.75 Å². The molecule has 0 bridgehead atoms. The Labute approximate surface area is 108 Å². The van der Waals surface area contributed by atoms with Gasteiger partial charge in [-0.15, -0.1) is 12.4 Å². The molecule has 2 heterocycles. The fraction of sp³-hybridized carbons (Fsp3) is 0.583. The van der Waals surface area contributed by atoms with Crippen LogP contribution in [-0.2, 0) is 0 Å². The molecule has 2 rings (SSSR count). The third-order valence-electron chi connectivity index (χ3n) is 3.11. The van der Waals surface area contributed by atoms with Crippen LogP contribution >= 0.6 is 12.4 Å². The summed E-state index contributed by atoms with van der Waals surface area (Å²) in [5.74, 6) is 1.31. The predicted molar refractivity (Wildman–Crippen MR) is 68.6 cm³/mol. The van der Waals surface area contributed by atoms with Gasteiger partial charge in [0.2, 0.25) is 0 Å². The van der Waals surface area contributed by atoms with Gasteiger partial charge in [0.05, 0.1) is 13.2 Å². The van der Waals surface area contributed by atoms with Crippen LogP contribution in [-0.4, -0.2) is 29.8 Å². The normalized spacial score (nSPS) is 25.1. The molecule has 2 N–H and O–H groups in total. The van der Waals surface area contributed by atoms with Crippen molar-refractivity contribution < 1.29 is 9.84 Å². The van der Waals surface area contributed by atoms with Crippen molar-refractivity contribution >= 4 is 12.4 Å². The summed E-state index contributed by atoms with van der Waals surface area (Å²) in [6.07, 6.45) is 3.78. The Morgan fingerprint density at radius 1 is 1.59 bits per heavy atom. The third-order valence-corrected chi connectivity index (χ3v) is 3.11. The number of nitrogens with zero attached hydrogens (tertiary/aromatic N) is 1. The first-order valence-electron chi connectivity index (χ1n) is 5.61. The first-order valence-corrected chi connectivity index (χ1v) is 5.61. The Kier molecular flexibility index (Phi) is 5.18. The molecule has 96 valence electrons. The zero-order valence-electron chi connectivity index (χ0n) is 10.1. The number of halogens is 1. The van der Waals surface area contributed by atoms with Gasteiger partial charge in [0.1, 0.15) is 5.75 Å². The maximum absolute atomic E-state index is 10.3.